The SMILES string of the molecule is CCN(C(=O)CN[C@H](C)c1ccc(F)cc1)C1CC1. The fourth-order valence-electron chi connectivity index (χ4n) is 2.24. The third kappa shape index (κ3) is 3.77. The maximum atomic E-state index is 12.8. The first-order valence-electron chi connectivity index (χ1n) is 6.90. The molecule has 1 aromatic rings. The lowest BCUT2D eigenvalue weighted by Crippen LogP contribution is -2.40. The Morgan fingerprint density at radius 1 is 1.42 bits per heavy atom. The van der Waals surface area contributed by atoms with E-state index in [9.17, 15) is 9.18 Å². The highest BCUT2D eigenvalue weighted by atomic mass is 19.1. The van der Waals surface area contributed by atoms with Crippen LogP contribution in [-0.2, 0) is 4.79 Å². The van der Waals surface area contributed by atoms with E-state index in [4.69, 9.17) is 0 Å². The maximum absolute atomic E-state index is 12.8. The van der Waals surface area contributed by atoms with Crippen molar-refractivity contribution in [2.45, 2.75) is 38.8 Å². The predicted octanol–water partition coefficient (Wildman–Crippen LogP) is 2.49. The number of carbonyl (C=O) groups excluding carboxylic acids is 1. The van der Waals surface area contributed by atoms with E-state index in [0.29, 0.717) is 12.6 Å². The van der Waals surface area contributed by atoms with Gasteiger partial charge in [-0.2, -0.15) is 0 Å². The van der Waals surface area contributed by atoms with E-state index in [0.717, 1.165) is 24.9 Å². The average molecular weight is 264 g/mol. The van der Waals surface area contributed by atoms with Crippen molar-refractivity contribution < 1.29 is 9.18 Å². The highest BCUT2D eigenvalue weighted by Gasteiger charge is 2.31. The van der Waals surface area contributed by atoms with Crippen LogP contribution in [0.2, 0.25) is 0 Å². The Morgan fingerprint density at radius 2 is 2.05 bits per heavy atom. The second-order valence-electron chi connectivity index (χ2n) is 5.07. The molecule has 1 aliphatic rings. The van der Waals surface area contributed by atoms with Crippen molar-refractivity contribution in [3.05, 3.63) is 35.6 Å². The monoisotopic (exact) mass is 264 g/mol. The zero-order chi connectivity index (χ0) is 13.8. The lowest BCUT2D eigenvalue weighted by molar-refractivity contribution is -0.130. The van der Waals surface area contributed by atoms with Crippen molar-refractivity contribution in [3.8, 4) is 0 Å². The largest absolute Gasteiger partial charge is 0.339 e. The van der Waals surface area contributed by atoms with E-state index in [1.165, 1.54) is 12.1 Å². The van der Waals surface area contributed by atoms with E-state index in [-0.39, 0.29) is 17.8 Å². The number of carbonyl (C=O) groups is 1. The molecule has 19 heavy (non-hydrogen) atoms. The third-order valence-corrected chi connectivity index (χ3v) is 3.58. The molecule has 1 amide bonds. The first kappa shape index (κ1) is 14.0. The first-order chi connectivity index (χ1) is 9.11. The van der Waals surface area contributed by atoms with E-state index >= 15 is 0 Å². The molecule has 0 aliphatic heterocycles. The molecule has 0 bridgehead atoms. The fourth-order valence-corrected chi connectivity index (χ4v) is 2.24. The number of amides is 1. The number of benzene rings is 1. The van der Waals surface area contributed by atoms with Crippen LogP contribution in [0.4, 0.5) is 4.39 Å². The highest BCUT2D eigenvalue weighted by Crippen LogP contribution is 2.26. The second-order valence-corrected chi connectivity index (χ2v) is 5.07. The van der Waals surface area contributed by atoms with Gasteiger partial charge < -0.3 is 10.2 Å². The zero-order valence-electron chi connectivity index (χ0n) is 11.5. The summed E-state index contributed by atoms with van der Waals surface area (Å²) in [4.78, 5) is 14.0. The maximum Gasteiger partial charge on any atom is 0.236 e. The van der Waals surface area contributed by atoms with E-state index < -0.39 is 0 Å². The van der Waals surface area contributed by atoms with E-state index in [2.05, 4.69) is 5.32 Å². The molecule has 1 aromatic carbocycles. The molecule has 3 nitrogen and oxygen atoms in total. The van der Waals surface area contributed by atoms with Crippen molar-refractivity contribution >= 4 is 5.91 Å². The van der Waals surface area contributed by atoms with Crippen LogP contribution in [0.25, 0.3) is 0 Å². The molecule has 1 atom stereocenters. The highest BCUT2D eigenvalue weighted by molar-refractivity contribution is 5.79. The Balaban J connectivity index is 1.84. The summed E-state index contributed by atoms with van der Waals surface area (Å²) in [5, 5.41) is 3.20. The zero-order valence-corrected chi connectivity index (χ0v) is 11.5. The van der Waals surface area contributed by atoms with Crippen molar-refractivity contribution in [1.29, 1.82) is 0 Å². The Labute approximate surface area is 113 Å². The van der Waals surface area contributed by atoms with Crippen LogP contribution in [0.1, 0.15) is 38.3 Å². The quantitative estimate of drug-likeness (QED) is 0.856. The standard InChI is InChI=1S/C15H21FN2O/c1-3-18(14-8-9-14)15(19)10-17-11(2)12-4-6-13(16)7-5-12/h4-7,11,14,17H,3,8-10H2,1-2H3/t11-/m1/s1. The topological polar surface area (TPSA) is 32.3 Å². The molecule has 0 spiro atoms. The third-order valence-electron chi connectivity index (χ3n) is 3.58. The molecular weight excluding hydrogens is 243 g/mol. The summed E-state index contributed by atoms with van der Waals surface area (Å²) in [5.74, 6) is -0.0862. The van der Waals surface area contributed by atoms with Gasteiger partial charge >= 0.3 is 0 Å². The molecule has 1 fully saturated rings. The van der Waals surface area contributed by atoms with Crippen molar-refractivity contribution in [2.24, 2.45) is 0 Å². The molecule has 0 saturated heterocycles. The van der Waals surface area contributed by atoms with Gasteiger partial charge in [-0.1, -0.05) is 12.1 Å². The normalized spacial score (nSPS) is 16.2. The van der Waals surface area contributed by atoms with Gasteiger partial charge in [0.1, 0.15) is 5.82 Å². The molecule has 0 heterocycles. The minimum Gasteiger partial charge on any atom is -0.339 e. The molecular formula is C15H21FN2O. The fraction of sp³-hybridized carbons (Fsp3) is 0.533. The van der Waals surface area contributed by atoms with Gasteiger partial charge in [-0.15, -0.1) is 0 Å². The number of hydrogen-bond acceptors (Lipinski definition) is 2. The number of halogens is 1. The Morgan fingerprint density at radius 3 is 2.58 bits per heavy atom. The van der Waals surface area contributed by atoms with E-state index in [1.807, 2.05) is 18.7 Å². The van der Waals surface area contributed by atoms with Crippen LogP contribution in [0.5, 0.6) is 0 Å². The number of likely N-dealkylation sites (N-methyl/N-ethyl adjacent to an activating group) is 1. The Hall–Kier alpha value is -1.42. The van der Waals surface area contributed by atoms with Crippen LogP contribution >= 0.6 is 0 Å². The summed E-state index contributed by atoms with van der Waals surface area (Å²) in [6.45, 7) is 5.10. The van der Waals surface area contributed by atoms with Gasteiger partial charge in [0.05, 0.1) is 6.54 Å². The first-order valence-corrected chi connectivity index (χ1v) is 6.90. The predicted molar refractivity (Wildman–Crippen MR) is 73.2 cm³/mol. The molecule has 0 radical (unpaired) electrons. The summed E-state index contributed by atoms with van der Waals surface area (Å²) in [5.41, 5.74) is 0.990. The van der Waals surface area contributed by atoms with Crippen molar-refractivity contribution in [3.63, 3.8) is 0 Å². The van der Waals surface area contributed by atoms with Gasteiger partial charge in [-0.05, 0) is 44.4 Å². The summed E-state index contributed by atoms with van der Waals surface area (Å²) >= 11 is 0. The van der Waals surface area contributed by atoms with Crippen LogP contribution in [0.15, 0.2) is 24.3 Å². The van der Waals surface area contributed by atoms with Crippen LogP contribution < -0.4 is 5.32 Å². The summed E-state index contributed by atoms with van der Waals surface area (Å²) < 4.78 is 12.8. The lowest BCUT2D eigenvalue weighted by Gasteiger charge is -2.22. The van der Waals surface area contributed by atoms with Gasteiger partial charge in [-0.25, -0.2) is 4.39 Å². The number of nitrogens with one attached hydrogen (secondary N) is 1. The molecule has 1 saturated carbocycles. The molecule has 0 aromatic heterocycles. The van der Waals surface area contributed by atoms with Gasteiger partial charge in [-0.3, -0.25) is 4.79 Å². The summed E-state index contributed by atoms with van der Waals surface area (Å²) in [6, 6.07) is 6.88. The van der Waals surface area contributed by atoms with Gasteiger partial charge in [0.25, 0.3) is 0 Å². The molecule has 104 valence electrons. The van der Waals surface area contributed by atoms with Crippen LogP contribution in [0.3, 0.4) is 0 Å². The minimum atomic E-state index is -0.238. The van der Waals surface area contributed by atoms with Crippen molar-refractivity contribution in [1.82, 2.24) is 10.2 Å². The molecule has 4 heteroatoms. The number of hydrogen-bond donors (Lipinski definition) is 1. The molecule has 1 N–H and O–H groups in total. The summed E-state index contributed by atoms with van der Waals surface area (Å²) in [7, 11) is 0. The van der Waals surface area contributed by atoms with E-state index in [1.54, 1.807) is 12.1 Å². The van der Waals surface area contributed by atoms with Gasteiger partial charge in [0.15, 0.2) is 0 Å². The number of nitrogens with zero attached hydrogens (tertiary/aromatic N) is 1. The lowest BCUT2D eigenvalue weighted by atomic mass is 10.1. The van der Waals surface area contributed by atoms with Crippen molar-refractivity contribution in [2.75, 3.05) is 13.1 Å². The smallest absolute Gasteiger partial charge is 0.236 e. The molecule has 2 rings (SSSR count). The van der Waals surface area contributed by atoms with Crippen LogP contribution in [-0.4, -0.2) is 29.9 Å². The van der Waals surface area contributed by atoms with Gasteiger partial charge in [0, 0.05) is 18.6 Å². The van der Waals surface area contributed by atoms with Gasteiger partial charge in [0.2, 0.25) is 5.91 Å². The minimum absolute atomic E-state index is 0.0439. The Bertz CT molecular complexity index is 428. The number of rotatable bonds is 6. The Kier molecular flexibility index (Phi) is 4.53. The summed E-state index contributed by atoms with van der Waals surface area (Å²) in [6.07, 6.45) is 2.26. The second kappa shape index (κ2) is 6.15. The molecule has 1 aliphatic carbocycles. The molecule has 0 unspecified atom stereocenters. The van der Waals surface area contributed by atoms with Crippen LogP contribution in [0, 0.1) is 5.82 Å². The average Bonchev–Trinajstić information content (AvgIpc) is 3.22.